The number of carbonyl (C=O) groups excluding carboxylic acids is 1. The van der Waals surface area contributed by atoms with E-state index in [1.807, 2.05) is 0 Å². The summed E-state index contributed by atoms with van der Waals surface area (Å²) in [6, 6.07) is 13.7. The molecule has 7 heteroatoms. The number of hydrogen-bond acceptors (Lipinski definition) is 5. The number of nitrogens with one attached hydrogen (secondary N) is 1. The second-order valence-corrected chi connectivity index (χ2v) is 8.48. The molecule has 3 rings (SSSR count). The second kappa shape index (κ2) is 8.42. The van der Waals surface area contributed by atoms with Gasteiger partial charge in [0.1, 0.15) is 5.69 Å². The van der Waals surface area contributed by atoms with Crippen molar-refractivity contribution in [3.05, 3.63) is 60.4 Å². The Hall–Kier alpha value is -2.25. The Morgan fingerprint density at radius 3 is 2.65 bits per heavy atom. The van der Waals surface area contributed by atoms with Crippen molar-refractivity contribution in [2.24, 2.45) is 0 Å². The fourth-order valence-corrected chi connectivity index (χ4v) is 4.86. The molecule has 0 unspecified atom stereocenters. The molecule has 1 aliphatic rings. The van der Waals surface area contributed by atoms with E-state index in [2.05, 4.69) is 10.3 Å². The van der Waals surface area contributed by atoms with Crippen LogP contribution in [0.4, 0.5) is 0 Å². The van der Waals surface area contributed by atoms with E-state index in [0.29, 0.717) is 43.0 Å². The molecule has 1 aromatic carbocycles. The van der Waals surface area contributed by atoms with Gasteiger partial charge < -0.3 is 10.1 Å². The summed E-state index contributed by atoms with van der Waals surface area (Å²) < 4.78 is 31.2. The molecule has 1 fully saturated rings. The van der Waals surface area contributed by atoms with E-state index in [1.54, 1.807) is 54.7 Å². The zero-order valence-electron chi connectivity index (χ0n) is 14.4. The molecule has 1 amide bonds. The summed E-state index contributed by atoms with van der Waals surface area (Å²) in [7, 11) is -3.36. The Morgan fingerprint density at radius 1 is 1.15 bits per heavy atom. The van der Waals surface area contributed by atoms with Crippen LogP contribution in [0.25, 0.3) is 0 Å². The Kier molecular flexibility index (Phi) is 6.00. The highest BCUT2D eigenvalue weighted by Gasteiger charge is 2.33. The van der Waals surface area contributed by atoms with Crippen molar-refractivity contribution in [2.75, 3.05) is 13.2 Å². The molecule has 1 aromatic heterocycles. The summed E-state index contributed by atoms with van der Waals surface area (Å²) in [5.74, 6) is -0.241. The predicted octanol–water partition coefficient (Wildman–Crippen LogP) is 2.22. The van der Waals surface area contributed by atoms with Crippen LogP contribution in [-0.2, 0) is 14.6 Å². The van der Waals surface area contributed by atoms with Crippen LogP contribution in [0, 0.1) is 0 Å². The fraction of sp³-hybridized carbons (Fsp3) is 0.368. The van der Waals surface area contributed by atoms with Crippen LogP contribution in [0.5, 0.6) is 0 Å². The quantitative estimate of drug-likeness (QED) is 0.838. The molecule has 1 saturated heterocycles. The van der Waals surface area contributed by atoms with Gasteiger partial charge in [-0.1, -0.05) is 24.3 Å². The third-order valence-electron chi connectivity index (χ3n) is 4.48. The Balaban J connectivity index is 1.53. The average molecular weight is 374 g/mol. The van der Waals surface area contributed by atoms with E-state index in [9.17, 15) is 13.2 Å². The van der Waals surface area contributed by atoms with Crippen molar-refractivity contribution < 1.29 is 17.9 Å². The normalized spacial score (nSPS) is 20.5. The third-order valence-corrected chi connectivity index (χ3v) is 6.71. The number of benzene rings is 1. The number of sulfone groups is 1. The van der Waals surface area contributed by atoms with Crippen LogP contribution in [-0.4, -0.2) is 43.8 Å². The first-order valence-electron chi connectivity index (χ1n) is 8.67. The molecule has 0 saturated carbocycles. The van der Waals surface area contributed by atoms with E-state index in [0.717, 1.165) is 0 Å². The first kappa shape index (κ1) is 18.5. The molecule has 1 N–H and O–H groups in total. The number of rotatable bonds is 6. The van der Waals surface area contributed by atoms with E-state index in [4.69, 9.17) is 4.74 Å². The first-order valence-corrected chi connectivity index (χ1v) is 10.2. The van der Waals surface area contributed by atoms with Gasteiger partial charge >= 0.3 is 0 Å². The molecule has 0 spiro atoms. The molecule has 6 nitrogen and oxygen atoms in total. The number of amides is 1. The number of nitrogens with zero attached hydrogens (tertiary/aromatic N) is 1. The van der Waals surface area contributed by atoms with Crippen molar-refractivity contribution in [1.82, 2.24) is 10.3 Å². The smallest absolute Gasteiger partial charge is 0.269 e. The molecule has 0 radical (unpaired) electrons. The second-order valence-electron chi connectivity index (χ2n) is 6.26. The standard InChI is InChI=1S/C19H22N2O4S/c22-19(18-8-4-5-11-20-18)21-12-9-15-14-17(10-13-25-15)26(23,24)16-6-2-1-3-7-16/h1-8,11,15,17H,9-10,12-14H2,(H,21,22)/t15-,17+/m0/s1. The van der Waals surface area contributed by atoms with Crippen LogP contribution in [0.2, 0.25) is 0 Å². The van der Waals surface area contributed by atoms with Gasteiger partial charge in [-0.05, 0) is 43.5 Å². The third kappa shape index (κ3) is 4.47. The minimum atomic E-state index is -3.36. The van der Waals surface area contributed by atoms with Crippen molar-refractivity contribution in [3.8, 4) is 0 Å². The molecule has 1 aliphatic heterocycles. The van der Waals surface area contributed by atoms with Crippen LogP contribution >= 0.6 is 0 Å². The van der Waals surface area contributed by atoms with Gasteiger partial charge in [-0.15, -0.1) is 0 Å². The maximum atomic E-state index is 12.8. The van der Waals surface area contributed by atoms with Gasteiger partial charge in [0.05, 0.1) is 16.2 Å². The lowest BCUT2D eigenvalue weighted by molar-refractivity contribution is 0.0132. The highest BCUT2D eigenvalue weighted by Crippen LogP contribution is 2.27. The number of aromatic nitrogens is 1. The van der Waals surface area contributed by atoms with E-state index in [-0.39, 0.29) is 12.0 Å². The molecule has 0 aliphatic carbocycles. The van der Waals surface area contributed by atoms with Crippen LogP contribution < -0.4 is 5.32 Å². The number of hydrogen-bond donors (Lipinski definition) is 1. The molecule has 26 heavy (non-hydrogen) atoms. The maximum absolute atomic E-state index is 12.8. The van der Waals surface area contributed by atoms with E-state index < -0.39 is 15.1 Å². The molecule has 2 aromatic rings. The van der Waals surface area contributed by atoms with Crippen LogP contribution in [0.1, 0.15) is 29.8 Å². The topological polar surface area (TPSA) is 85.4 Å². The van der Waals surface area contributed by atoms with Gasteiger partial charge in [-0.25, -0.2) is 8.42 Å². The van der Waals surface area contributed by atoms with Crippen LogP contribution in [0.15, 0.2) is 59.6 Å². The molecule has 2 atom stereocenters. The van der Waals surface area contributed by atoms with Gasteiger partial charge in [0.25, 0.3) is 5.91 Å². The Bertz CT molecular complexity index is 825. The van der Waals surface area contributed by atoms with Crippen LogP contribution in [0.3, 0.4) is 0 Å². The number of ether oxygens (including phenoxy) is 1. The summed E-state index contributed by atoms with van der Waals surface area (Å²) in [5, 5.41) is 2.35. The lowest BCUT2D eigenvalue weighted by atomic mass is 10.1. The number of carbonyl (C=O) groups is 1. The molecular weight excluding hydrogens is 352 g/mol. The Labute approximate surface area is 153 Å². The zero-order valence-corrected chi connectivity index (χ0v) is 15.2. The zero-order chi connectivity index (χ0) is 18.4. The summed E-state index contributed by atoms with van der Waals surface area (Å²) in [6.45, 7) is 0.827. The summed E-state index contributed by atoms with van der Waals surface area (Å²) >= 11 is 0. The van der Waals surface area contributed by atoms with Gasteiger partial charge in [0.15, 0.2) is 9.84 Å². The molecule has 0 bridgehead atoms. The van der Waals surface area contributed by atoms with E-state index >= 15 is 0 Å². The van der Waals surface area contributed by atoms with Crippen molar-refractivity contribution in [2.45, 2.75) is 35.5 Å². The molecular formula is C19H22N2O4S. The molecule has 2 heterocycles. The van der Waals surface area contributed by atoms with Crippen molar-refractivity contribution >= 4 is 15.7 Å². The minimum Gasteiger partial charge on any atom is -0.378 e. The fourth-order valence-electron chi connectivity index (χ4n) is 3.07. The summed E-state index contributed by atoms with van der Waals surface area (Å²) in [6.07, 6.45) is 2.89. The minimum absolute atomic E-state index is 0.184. The van der Waals surface area contributed by atoms with Gasteiger partial charge in [0.2, 0.25) is 0 Å². The lowest BCUT2D eigenvalue weighted by Crippen LogP contribution is -2.37. The maximum Gasteiger partial charge on any atom is 0.269 e. The van der Waals surface area contributed by atoms with E-state index in [1.165, 1.54) is 0 Å². The lowest BCUT2D eigenvalue weighted by Gasteiger charge is -2.29. The highest BCUT2D eigenvalue weighted by atomic mass is 32.2. The first-order chi connectivity index (χ1) is 12.6. The number of pyridine rings is 1. The highest BCUT2D eigenvalue weighted by molar-refractivity contribution is 7.92. The monoisotopic (exact) mass is 374 g/mol. The summed E-state index contributed by atoms with van der Waals surface area (Å²) in [5.41, 5.74) is 0.363. The van der Waals surface area contributed by atoms with Crippen molar-refractivity contribution in [1.29, 1.82) is 0 Å². The average Bonchev–Trinajstić information content (AvgIpc) is 2.69. The van der Waals surface area contributed by atoms with Gasteiger partial charge in [-0.3, -0.25) is 9.78 Å². The van der Waals surface area contributed by atoms with Gasteiger partial charge in [0, 0.05) is 19.3 Å². The molecule has 138 valence electrons. The SMILES string of the molecule is O=C(NCC[C@H]1C[C@H](S(=O)(=O)c2ccccc2)CCO1)c1ccccn1. The van der Waals surface area contributed by atoms with Crippen molar-refractivity contribution in [3.63, 3.8) is 0 Å². The largest absolute Gasteiger partial charge is 0.378 e. The van der Waals surface area contributed by atoms with Gasteiger partial charge in [-0.2, -0.15) is 0 Å². The Morgan fingerprint density at radius 2 is 1.92 bits per heavy atom. The predicted molar refractivity (Wildman–Crippen MR) is 97.6 cm³/mol. The summed E-state index contributed by atoms with van der Waals surface area (Å²) in [4.78, 5) is 16.3.